The minimum atomic E-state index is -1.14. The number of carboxylic acid groups (broad SMARTS) is 1. The van der Waals surface area contributed by atoms with Gasteiger partial charge >= 0.3 is 5.97 Å². The number of carbonyl (C=O) groups is 1. The van der Waals surface area contributed by atoms with E-state index in [4.69, 9.17) is 14.6 Å². The third-order valence-corrected chi connectivity index (χ3v) is 7.00. The molecule has 210 valence electrons. The highest BCUT2D eigenvalue weighted by atomic mass is 16.5. The molecule has 1 unspecified atom stereocenters. The van der Waals surface area contributed by atoms with Gasteiger partial charge in [0.2, 0.25) is 0 Å². The zero-order valence-corrected chi connectivity index (χ0v) is 24.6. The van der Waals surface area contributed by atoms with Gasteiger partial charge in [-0.3, -0.25) is 0 Å². The van der Waals surface area contributed by atoms with Crippen LogP contribution in [-0.2, 0) is 9.53 Å². The molecule has 39 heavy (non-hydrogen) atoms. The van der Waals surface area contributed by atoms with Crippen LogP contribution in [0.3, 0.4) is 0 Å². The van der Waals surface area contributed by atoms with Crippen molar-refractivity contribution in [3.05, 3.63) is 64.2 Å². The number of ether oxygens (including phenoxy) is 2. The number of nitrogens with one attached hydrogen (secondary N) is 2. The van der Waals surface area contributed by atoms with Crippen LogP contribution in [0.5, 0.6) is 5.75 Å². The number of aliphatic carboxylic acids is 1. The SMILES string of the molecule is CNc1c(C)c(C(OC(C)(C)C)C(=O)O)c(-c2ccc3c(c2)NCCO3)c(C)c1-c1ccc(C)c(C)c1.CO. The standard InChI is InChI=1S/C31H38N2O4.CH4O/c1-17-9-10-21(15-18(17)2)26-19(3)25(22-11-12-24-23(16-22)33-13-14-36-24)27(20(4)28(26)32-8)29(30(34)35)37-31(5,6)7;1-2/h9-12,15-16,29,32-33H,13-14H2,1-8H3,(H,34,35);2H,1H3. The smallest absolute Gasteiger partial charge is 0.337 e. The molecule has 0 saturated heterocycles. The van der Waals surface area contributed by atoms with Crippen molar-refractivity contribution in [3.63, 3.8) is 0 Å². The fraction of sp³-hybridized carbons (Fsp3) is 0.406. The van der Waals surface area contributed by atoms with Crippen LogP contribution in [-0.4, -0.2) is 49.1 Å². The maximum absolute atomic E-state index is 12.7. The Balaban J connectivity index is 0.00000205. The molecule has 3 aromatic rings. The summed E-state index contributed by atoms with van der Waals surface area (Å²) in [5, 5.41) is 24.2. The van der Waals surface area contributed by atoms with Crippen molar-refractivity contribution in [1.29, 1.82) is 0 Å². The summed E-state index contributed by atoms with van der Waals surface area (Å²) in [4.78, 5) is 12.7. The zero-order chi connectivity index (χ0) is 29.1. The van der Waals surface area contributed by atoms with Crippen LogP contribution in [0, 0.1) is 27.7 Å². The van der Waals surface area contributed by atoms with Crippen LogP contribution < -0.4 is 15.4 Å². The molecule has 1 aliphatic heterocycles. The number of rotatable bonds is 6. The number of anilines is 2. The second-order valence-corrected chi connectivity index (χ2v) is 10.8. The van der Waals surface area contributed by atoms with Gasteiger partial charge in [0.25, 0.3) is 0 Å². The van der Waals surface area contributed by atoms with Gasteiger partial charge in [-0.25, -0.2) is 4.79 Å². The van der Waals surface area contributed by atoms with Gasteiger partial charge in [0.1, 0.15) is 12.4 Å². The Labute approximate surface area is 232 Å². The highest BCUT2D eigenvalue weighted by Gasteiger charge is 2.34. The monoisotopic (exact) mass is 534 g/mol. The molecule has 0 fully saturated rings. The van der Waals surface area contributed by atoms with E-state index >= 15 is 0 Å². The van der Waals surface area contributed by atoms with E-state index in [-0.39, 0.29) is 0 Å². The molecule has 7 nitrogen and oxygen atoms in total. The quantitative estimate of drug-likeness (QED) is 0.281. The second kappa shape index (κ2) is 12.1. The van der Waals surface area contributed by atoms with Gasteiger partial charge in [0.05, 0.1) is 11.3 Å². The Hall–Kier alpha value is -3.55. The third kappa shape index (κ3) is 6.21. The van der Waals surface area contributed by atoms with Crippen molar-refractivity contribution >= 4 is 17.3 Å². The minimum Gasteiger partial charge on any atom is -0.490 e. The molecule has 0 spiro atoms. The van der Waals surface area contributed by atoms with Gasteiger partial charge in [-0.15, -0.1) is 0 Å². The zero-order valence-electron chi connectivity index (χ0n) is 24.6. The number of fused-ring (bicyclic) bond motifs is 1. The summed E-state index contributed by atoms with van der Waals surface area (Å²) in [5.41, 5.74) is 10.0. The van der Waals surface area contributed by atoms with Crippen LogP contribution in [0.1, 0.15) is 54.7 Å². The summed E-state index contributed by atoms with van der Waals surface area (Å²) in [6, 6.07) is 12.5. The fourth-order valence-electron chi connectivity index (χ4n) is 5.18. The molecule has 7 heteroatoms. The molecule has 1 heterocycles. The van der Waals surface area contributed by atoms with Crippen molar-refractivity contribution < 1.29 is 24.5 Å². The molecule has 0 amide bonds. The van der Waals surface area contributed by atoms with Crippen LogP contribution in [0.25, 0.3) is 22.3 Å². The Bertz CT molecular complexity index is 1360. The van der Waals surface area contributed by atoms with E-state index in [1.54, 1.807) is 0 Å². The Morgan fingerprint density at radius 1 is 0.974 bits per heavy atom. The molecule has 0 bridgehead atoms. The summed E-state index contributed by atoms with van der Waals surface area (Å²) in [5.74, 6) is -0.216. The summed E-state index contributed by atoms with van der Waals surface area (Å²) in [7, 11) is 2.89. The topological polar surface area (TPSA) is 100 Å². The van der Waals surface area contributed by atoms with E-state index in [1.807, 2.05) is 46.9 Å². The van der Waals surface area contributed by atoms with Crippen LogP contribution >= 0.6 is 0 Å². The minimum absolute atomic E-state index is 0.615. The predicted molar refractivity (Wildman–Crippen MR) is 159 cm³/mol. The second-order valence-electron chi connectivity index (χ2n) is 10.8. The number of hydrogen-bond donors (Lipinski definition) is 4. The first kappa shape index (κ1) is 30.0. The van der Waals surface area contributed by atoms with Gasteiger partial charge in [-0.05, 0) is 99.5 Å². The third-order valence-electron chi connectivity index (χ3n) is 7.00. The molecule has 4 rings (SSSR count). The number of aliphatic hydroxyl groups is 1. The average molecular weight is 535 g/mol. The molecule has 0 saturated carbocycles. The maximum Gasteiger partial charge on any atom is 0.337 e. The largest absolute Gasteiger partial charge is 0.490 e. The van der Waals surface area contributed by atoms with Crippen molar-refractivity contribution in [2.24, 2.45) is 0 Å². The fourth-order valence-corrected chi connectivity index (χ4v) is 5.18. The molecule has 0 aromatic heterocycles. The number of hydrogen-bond acceptors (Lipinski definition) is 6. The number of aryl methyl sites for hydroxylation is 2. The summed E-state index contributed by atoms with van der Waals surface area (Å²) < 4.78 is 12.0. The molecular weight excluding hydrogens is 492 g/mol. The first-order valence-electron chi connectivity index (χ1n) is 13.2. The van der Waals surface area contributed by atoms with E-state index in [9.17, 15) is 9.90 Å². The number of aliphatic hydroxyl groups excluding tert-OH is 1. The summed E-state index contributed by atoms with van der Waals surface area (Å²) >= 11 is 0. The lowest BCUT2D eigenvalue weighted by Gasteiger charge is -2.31. The first-order valence-corrected chi connectivity index (χ1v) is 13.2. The molecule has 4 N–H and O–H groups in total. The van der Waals surface area contributed by atoms with Crippen molar-refractivity contribution in [1.82, 2.24) is 0 Å². The number of benzene rings is 3. The number of carboxylic acids is 1. The van der Waals surface area contributed by atoms with Crippen LogP contribution in [0.15, 0.2) is 36.4 Å². The molecule has 0 aliphatic carbocycles. The average Bonchev–Trinajstić information content (AvgIpc) is 2.90. The Kier molecular flexibility index (Phi) is 9.30. The van der Waals surface area contributed by atoms with Crippen molar-refractivity contribution in [2.45, 2.75) is 60.2 Å². The van der Waals surface area contributed by atoms with E-state index in [0.717, 1.165) is 64.2 Å². The lowest BCUT2D eigenvalue weighted by Crippen LogP contribution is -2.28. The lowest BCUT2D eigenvalue weighted by molar-refractivity contribution is -0.160. The van der Waals surface area contributed by atoms with Gasteiger partial charge in [0, 0.05) is 37.5 Å². The lowest BCUT2D eigenvalue weighted by atomic mass is 9.82. The summed E-state index contributed by atoms with van der Waals surface area (Å²) in [6.45, 7) is 15.3. The normalized spacial score (nSPS) is 13.3. The van der Waals surface area contributed by atoms with Crippen LogP contribution in [0.4, 0.5) is 11.4 Å². The van der Waals surface area contributed by atoms with E-state index in [2.05, 4.69) is 55.7 Å². The van der Waals surface area contributed by atoms with Gasteiger partial charge < -0.3 is 30.3 Å². The highest BCUT2D eigenvalue weighted by molar-refractivity contribution is 5.94. The first-order chi connectivity index (χ1) is 18.4. The molecule has 3 aromatic carbocycles. The molecule has 1 atom stereocenters. The maximum atomic E-state index is 12.7. The Morgan fingerprint density at radius 2 is 1.62 bits per heavy atom. The van der Waals surface area contributed by atoms with Gasteiger partial charge in [0.15, 0.2) is 6.10 Å². The van der Waals surface area contributed by atoms with Crippen molar-refractivity contribution in [3.8, 4) is 28.0 Å². The van der Waals surface area contributed by atoms with Crippen LogP contribution in [0.2, 0.25) is 0 Å². The van der Waals surface area contributed by atoms with Gasteiger partial charge in [-0.1, -0.05) is 24.3 Å². The van der Waals surface area contributed by atoms with E-state index in [0.29, 0.717) is 12.2 Å². The Morgan fingerprint density at radius 3 is 2.21 bits per heavy atom. The van der Waals surface area contributed by atoms with Gasteiger partial charge in [-0.2, -0.15) is 0 Å². The molecule has 1 aliphatic rings. The molecular formula is C32H42N2O5. The van der Waals surface area contributed by atoms with Crippen molar-refractivity contribution in [2.75, 3.05) is 37.9 Å². The predicted octanol–water partition coefficient (Wildman–Crippen LogP) is 6.65. The molecule has 0 radical (unpaired) electrons. The van der Waals surface area contributed by atoms with E-state index < -0.39 is 17.7 Å². The highest BCUT2D eigenvalue weighted by Crippen LogP contribution is 2.47. The summed E-state index contributed by atoms with van der Waals surface area (Å²) in [6.07, 6.45) is -1.14. The van der Waals surface area contributed by atoms with E-state index in [1.165, 1.54) is 11.1 Å².